The minimum atomic E-state index is -0.924. The third-order valence-corrected chi connectivity index (χ3v) is 3.33. The molecule has 0 unspecified atom stereocenters. The molecule has 0 fully saturated rings. The maximum atomic E-state index is 12.4. The summed E-state index contributed by atoms with van der Waals surface area (Å²) in [7, 11) is 0. The second kappa shape index (κ2) is 8.39. The van der Waals surface area contributed by atoms with Crippen LogP contribution in [0.15, 0.2) is 67.3 Å². The molecule has 2 aromatic carbocycles. The van der Waals surface area contributed by atoms with Crippen molar-refractivity contribution in [3.63, 3.8) is 0 Å². The summed E-state index contributed by atoms with van der Waals surface area (Å²) in [5, 5.41) is 11.0. The number of nitro benzene ring substituents is 1. The molecule has 0 aliphatic rings. The van der Waals surface area contributed by atoms with E-state index in [0.717, 1.165) is 0 Å². The lowest BCUT2D eigenvalue weighted by Crippen LogP contribution is -2.34. The van der Waals surface area contributed by atoms with E-state index in [2.05, 4.69) is 6.58 Å². The number of benzene rings is 2. The van der Waals surface area contributed by atoms with Crippen LogP contribution < -0.4 is 4.90 Å². The third kappa shape index (κ3) is 4.51. The van der Waals surface area contributed by atoms with Gasteiger partial charge in [0, 0.05) is 18.3 Å². The predicted octanol–water partition coefficient (Wildman–Crippen LogP) is 2.97. The van der Waals surface area contributed by atoms with E-state index in [0.29, 0.717) is 5.69 Å². The molecule has 0 aliphatic heterocycles. The van der Waals surface area contributed by atoms with Crippen molar-refractivity contribution < 1.29 is 19.2 Å². The van der Waals surface area contributed by atoms with E-state index >= 15 is 0 Å². The van der Waals surface area contributed by atoms with Gasteiger partial charge in [0.25, 0.3) is 11.6 Å². The normalized spacial score (nSPS) is 9.92. The minimum Gasteiger partial charge on any atom is -0.452 e. The molecule has 2 rings (SSSR count). The van der Waals surface area contributed by atoms with E-state index in [1.54, 1.807) is 30.3 Å². The largest absolute Gasteiger partial charge is 0.452 e. The standard InChI is InChI=1S/C18H16N2O5/c1-2-12-19(14-8-4-3-5-9-14)17(21)13-25-18(22)15-10-6-7-11-16(15)20(23)24/h2-11H,1,12-13H2. The Bertz CT molecular complexity index is 789. The predicted molar refractivity (Wildman–Crippen MR) is 92.4 cm³/mol. The zero-order valence-corrected chi connectivity index (χ0v) is 13.3. The lowest BCUT2D eigenvalue weighted by Gasteiger charge is -2.21. The monoisotopic (exact) mass is 340 g/mol. The van der Waals surface area contributed by atoms with Crippen molar-refractivity contribution in [3.05, 3.63) is 82.9 Å². The van der Waals surface area contributed by atoms with Crippen LogP contribution in [0.1, 0.15) is 10.4 Å². The Morgan fingerprint density at radius 1 is 1.12 bits per heavy atom. The molecule has 0 N–H and O–H groups in total. The summed E-state index contributed by atoms with van der Waals surface area (Å²) in [6, 6.07) is 14.3. The summed E-state index contributed by atoms with van der Waals surface area (Å²) in [5.74, 6) is -1.38. The van der Waals surface area contributed by atoms with Gasteiger partial charge in [-0.3, -0.25) is 14.9 Å². The van der Waals surface area contributed by atoms with Gasteiger partial charge in [-0.1, -0.05) is 36.4 Å². The minimum absolute atomic E-state index is 0.199. The Labute approximate surface area is 144 Å². The van der Waals surface area contributed by atoms with Crippen LogP contribution in [0, 0.1) is 10.1 Å². The average molecular weight is 340 g/mol. The zero-order valence-electron chi connectivity index (χ0n) is 13.3. The molecule has 2 aromatic rings. The highest BCUT2D eigenvalue weighted by Crippen LogP contribution is 2.19. The van der Waals surface area contributed by atoms with Crippen LogP contribution in [0.4, 0.5) is 11.4 Å². The number of hydrogen-bond donors (Lipinski definition) is 0. The Hall–Kier alpha value is -3.48. The number of nitro groups is 1. The number of carbonyl (C=O) groups is 2. The molecule has 0 spiro atoms. The molecule has 0 radical (unpaired) electrons. The van der Waals surface area contributed by atoms with Crippen molar-refractivity contribution in [3.8, 4) is 0 Å². The highest BCUT2D eigenvalue weighted by Gasteiger charge is 2.22. The molecule has 0 atom stereocenters. The quantitative estimate of drug-likeness (QED) is 0.334. The molecule has 0 aromatic heterocycles. The molecule has 7 nitrogen and oxygen atoms in total. The SMILES string of the molecule is C=CCN(C(=O)COC(=O)c1ccccc1[N+](=O)[O-])c1ccccc1. The van der Waals surface area contributed by atoms with Gasteiger partial charge in [-0.05, 0) is 18.2 Å². The molecule has 1 amide bonds. The fraction of sp³-hybridized carbons (Fsp3) is 0.111. The van der Waals surface area contributed by atoms with Crippen LogP contribution in [0.2, 0.25) is 0 Å². The van der Waals surface area contributed by atoms with Gasteiger partial charge in [0.1, 0.15) is 5.56 Å². The molecule has 128 valence electrons. The Morgan fingerprint density at radius 2 is 1.76 bits per heavy atom. The van der Waals surface area contributed by atoms with E-state index in [1.165, 1.54) is 29.2 Å². The fourth-order valence-corrected chi connectivity index (χ4v) is 2.18. The summed E-state index contributed by atoms with van der Waals surface area (Å²) in [5.41, 5.74) is 0.0652. The molecule has 0 bridgehead atoms. The number of amides is 1. The van der Waals surface area contributed by atoms with Crippen molar-refractivity contribution in [2.75, 3.05) is 18.1 Å². The molecular weight excluding hydrogens is 324 g/mol. The maximum absolute atomic E-state index is 12.4. The number of anilines is 1. The van der Waals surface area contributed by atoms with Crippen LogP contribution in [0.25, 0.3) is 0 Å². The van der Waals surface area contributed by atoms with Crippen LogP contribution in [0.5, 0.6) is 0 Å². The van der Waals surface area contributed by atoms with Crippen LogP contribution >= 0.6 is 0 Å². The number of esters is 1. The van der Waals surface area contributed by atoms with Gasteiger partial charge in [-0.25, -0.2) is 4.79 Å². The van der Waals surface area contributed by atoms with Gasteiger partial charge < -0.3 is 9.64 Å². The van der Waals surface area contributed by atoms with E-state index in [9.17, 15) is 19.7 Å². The van der Waals surface area contributed by atoms with Gasteiger partial charge >= 0.3 is 5.97 Å². The molecule has 0 saturated carbocycles. The first-order valence-corrected chi connectivity index (χ1v) is 7.41. The highest BCUT2D eigenvalue weighted by molar-refractivity contribution is 5.98. The number of rotatable bonds is 7. The van der Waals surface area contributed by atoms with Crippen LogP contribution in [-0.2, 0) is 9.53 Å². The van der Waals surface area contributed by atoms with Gasteiger partial charge in [0.05, 0.1) is 4.92 Å². The Balaban J connectivity index is 2.09. The number of carbonyl (C=O) groups excluding carboxylic acids is 2. The first-order chi connectivity index (χ1) is 12.0. The zero-order chi connectivity index (χ0) is 18.2. The summed E-state index contributed by atoms with van der Waals surface area (Å²) in [6.07, 6.45) is 1.55. The summed E-state index contributed by atoms with van der Waals surface area (Å²) >= 11 is 0. The second-order valence-corrected chi connectivity index (χ2v) is 4.98. The second-order valence-electron chi connectivity index (χ2n) is 4.98. The number of nitrogens with zero attached hydrogens (tertiary/aromatic N) is 2. The molecule has 0 aliphatic carbocycles. The van der Waals surface area contributed by atoms with Gasteiger partial charge in [-0.2, -0.15) is 0 Å². The highest BCUT2D eigenvalue weighted by atomic mass is 16.6. The Morgan fingerprint density at radius 3 is 2.40 bits per heavy atom. The van der Waals surface area contributed by atoms with E-state index < -0.39 is 23.4 Å². The number of hydrogen-bond acceptors (Lipinski definition) is 5. The van der Waals surface area contributed by atoms with Crippen molar-refractivity contribution in [1.82, 2.24) is 0 Å². The van der Waals surface area contributed by atoms with Crippen molar-refractivity contribution in [2.24, 2.45) is 0 Å². The lowest BCUT2D eigenvalue weighted by molar-refractivity contribution is -0.385. The first-order valence-electron chi connectivity index (χ1n) is 7.41. The summed E-state index contributed by atoms with van der Waals surface area (Å²) in [6.45, 7) is 3.31. The maximum Gasteiger partial charge on any atom is 0.345 e. The molecule has 7 heteroatoms. The van der Waals surface area contributed by atoms with Gasteiger partial charge in [0.2, 0.25) is 0 Å². The third-order valence-electron chi connectivity index (χ3n) is 3.33. The van der Waals surface area contributed by atoms with E-state index in [-0.39, 0.29) is 17.8 Å². The van der Waals surface area contributed by atoms with Crippen LogP contribution in [0.3, 0.4) is 0 Å². The lowest BCUT2D eigenvalue weighted by atomic mass is 10.2. The summed E-state index contributed by atoms with van der Waals surface area (Å²) < 4.78 is 4.96. The topological polar surface area (TPSA) is 89.8 Å². The summed E-state index contributed by atoms with van der Waals surface area (Å²) in [4.78, 5) is 36.1. The number of para-hydroxylation sites is 2. The van der Waals surface area contributed by atoms with Crippen molar-refractivity contribution in [2.45, 2.75) is 0 Å². The first kappa shape index (κ1) is 17.9. The smallest absolute Gasteiger partial charge is 0.345 e. The molecular formula is C18H16N2O5. The molecule has 0 saturated heterocycles. The molecule has 25 heavy (non-hydrogen) atoms. The molecule has 0 heterocycles. The average Bonchev–Trinajstić information content (AvgIpc) is 2.64. The van der Waals surface area contributed by atoms with Crippen LogP contribution in [-0.4, -0.2) is 30.0 Å². The Kier molecular flexibility index (Phi) is 6.00. The number of ether oxygens (including phenoxy) is 1. The van der Waals surface area contributed by atoms with Crippen molar-refractivity contribution >= 4 is 23.3 Å². The van der Waals surface area contributed by atoms with Crippen molar-refractivity contribution in [1.29, 1.82) is 0 Å². The van der Waals surface area contributed by atoms with E-state index in [4.69, 9.17) is 4.74 Å². The fourth-order valence-electron chi connectivity index (χ4n) is 2.18. The van der Waals surface area contributed by atoms with Gasteiger partial charge in [0.15, 0.2) is 6.61 Å². The van der Waals surface area contributed by atoms with E-state index in [1.807, 2.05) is 6.07 Å². The van der Waals surface area contributed by atoms with Gasteiger partial charge in [-0.15, -0.1) is 6.58 Å².